The van der Waals surface area contributed by atoms with Crippen molar-refractivity contribution in [3.8, 4) is 0 Å². The Balaban J connectivity index is 2.29. The number of hydrogen-bond donors (Lipinski definition) is 2. The minimum Gasteiger partial charge on any atom is -0.379 e. The first-order valence-corrected chi connectivity index (χ1v) is 7.43. The molecule has 1 heterocycles. The molecule has 1 fully saturated rings. The van der Waals surface area contributed by atoms with E-state index >= 15 is 0 Å². The van der Waals surface area contributed by atoms with Crippen LogP contribution in [0.25, 0.3) is 0 Å². The Morgan fingerprint density at radius 3 is 3.00 bits per heavy atom. The van der Waals surface area contributed by atoms with Crippen LogP contribution in [0.2, 0.25) is 0 Å². The molecule has 110 valence electrons. The molecule has 0 aromatic rings. The van der Waals surface area contributed by atoms with Gasteiger partial charge in [-0.25, -0.2) is 0 Å². The molecule has 1 amide bonds. The predicted molar refractivity (Wildman–Crippen MR) is 78.1 cm³/mol. The van der Waals surface area contributed by atoms with Crippen molar-refractivity contribution in [2.75, 3.05) is 32.8 Å². The summed E-state index contributed by atoms with van der Waals surface area (Å²) in [4.78, 5) is 12.4. The van der Waals surface area contributed by atoms with E-state index in [1.807, 2.05) is 6.08 Å². The lowest BCUT2D eigenvalue weighted by Crippen LogP contribution is -2.51. The van der Waals surface area contributed by atoms with Crippen LogP contribution < -0.4 is 10.6 Å². The summed E-state index contributed by atoms with van der Waals surface area (Å²) in [7, 11) is 0. The first kappa shape index (κ1) is 16.2. The highest BCUT2D eigenvalue weighted by Crippen LogP contribution is 2.31. The van der Waals surface area contributed by atoms with E-state index in [0.29, 0.717) is 19.8 Å². The first-order valence-electron chi connectivity index (χ1n) is 7.43. The Bertz CT molecular complexity index is 268. The molecule has 4 nitrogen and oxygen atoms in total. The lowest BCUT2D eigenvalue weighted by atomic mass is 9.76. The molecule has 0 spiro atoms. The molecule has 1 aliphatic rings. The minimum absolute atomic E-state index is 0.189. The molecule has 0 bridgehead atoms. The fraction of sp³-hybridized carbons (Fsp3) is 0.800. The van der Waals surface area contributed by atoms with E-state index < -0.39 is 0 Å². The van der Waals surface area contributed by atoms with Crippen molar-refractivity contribution in [1.29, 1.82) is 0 Å². The number of carbonyl (C=O) groups excluding carboxylic acids is 1. The third-order valence-electron chi connectivity index (χ3n) is 3.68. The molecule has 1 saturated heterocycles. The average molecular weight is 268 g/mol. The van der Waals surface area contributed by atoms with Crippen LogP contribution in [0.15, 0.2) is 12.7 Å². The summed E-state index contributed by atoms with van der Waals surface area (Å²) in [6.45, 7) is 9.48. The van der Waals surface area contributed by atoms with Gasteiger partial charge < -0.3 is 15.4 Å². The van der Waals surface area contributed by atoms with Crippen molar-refractivity contribution in [3.05, 3.63) is 12.7 Å². The fourth-order valence-corrected chi connectivity index (χ4v) is 2.66. The summed E-state index contributed by atoms with van der Waals surface area (Å²) < 4.78 is 5.40. The molecule has 4 heteroatoms. The summed E-state index contributed by atoms with van der Waals surface area (Å²) >= 11 is 0. The van der Waals surface area contributed by atoms with Crippen molar-refractivity contribution in [2.45, 2.75) is 39.0 Å². The summed E-state index contributed by atoms with van der Waals surface area (Å²) in [5.41, 5.74) is -0.200. The first-order chi connectivity index (χ1) is 9.25. The Kier molecular flexibility index (Phi) is 7.75. The van der Waals surface area contributed by atoms with E-state index in [-0.39, 0.29) is 11.3 Å². The van der Waals surface area contributed by atoms with Crippen LogP contribution in [0, 0.1) is 5.41 Å². The Labute approximate surface area is 117 Å². The molecule has 0 radical (unpaired) electrons. The normalized spacial score (nSPS) is 23.0. The van der Waals surface area contributed by atoms with Gasteiger partial charge in [0, 0.05) is 13.1 Å². The quantitative estimate of drug-likeness (QED) is 0.496. The van der Waals surface area contributed by atoms with E-state index in [0.717, 1.165) is 45.2 Å². The van der Waals surface area contributed by atoms with Gasteiger partial charge in [-0.05, 0) is 32.2 Å². The van der Waals surface area contributed by atoms with Gasteiger partial charge in [0.1, 0.15) is 0 Å². The van der Waals surface area contributed by atoms with Gasteiger partial charge in [0.25, 0.3) is 0 Å². The minimum atomic E-state index is -0.200. The zero-order valence-corrected chi connectivity index (χ0v) is 12.2. The standard InChI is InChI=1S/C15H28N2O2/c1-3-5-11-19-12-10-17-14(18)15(7-4-2)8-6-9-16-13-15/h3,16H,1,4-13H2,2H3,(H,17,18). The van der Waals surface area contributed by atoms with Gasteiger partial charge in [0.2, 0.25) is 5.91 Å². The molecular weight excluding hydrogens is 240 g/mol. The van der Waals surface area contributed by atoms with Crippen LogP contribution in [0.1, 0.15) is 39.0 Å². The number of hydrogen-bond acceptors (Lipinski definition) is 3. The molecule has 2 N–H and O–H groups in total. The number of amides is 1. The second-order valence-electron chi connectivity index (χ2n) is 5.26. The van der Waals surface area contributed by atoms with Gasteiger partial charge in [-0.15, -0.1) is 6.58 Å². The van der Waals surface area contributed by atoms with Crippen molar-refractivity contribution in [1.82, 2.24) is 10.6 Å². The SMILES string of the molecule is C=CCCOCCNC(=O)C1(CCC)CCCNC1. The van der Waals surface area contributed by atoms with Gasteiger partial charge in [0.05, 0.1) is 18.6 Å². The maximum Gasteiger partial charge on any atom is 0.227 e. The molecule has 19 heavy (non-hydrogen) atoms. The topological polar surface area (TPSA) is 50.4 Å². The van der Waals surface area contributed by atoms with Gasteiger partial charge >= 0.3 is 0 Å². The van der Waals surface area contributed by atoms with E-state index in [1.54, 1.807) is 0 Å². The second kappa shape index (κ2) is 9.10. The molecule has 0 saturated carbocycles. The van der Waals surface area contributed by atoms with Crippen molar-refractivity contribution in [2.24, 2.45) is 5.41 Å². The van der Waals surface area contributed by atoms with Crippen molar-refractivity contribution >= 4 is 5.91 Å². The highest BCUT2D eigenvalue weighted by molar-refractivity contribution is 5.83. The lowest BCUT2D eigenvalue weighted by Gasteiger charge is -2.36. The number of ether oxygens (including phenoxy) is 1. The summed E-state index contributed by atoms with van der Waals surface area (Å²) in [5, 5.41) is 6.38. The molecule has 1 aliphatic heterocycles. The van der Waals surface area contributed by atoms with Crippen molar-refractivity contribution in [3.63, 3.8) is 0 Å². The summed E-state index contributed by atoms with van der Waals surface area (Å²) in [6.07, 6.45) is 6.79. The Morgan fingerprint density at radius 2 is 2.37 bits per heavy atom. The molecule has 0 aromatic carbocycles. The number of carbonyl (C=O) groups is 1. The van der Waals surface area contributed by atoms with Crippen LogP contribution in [0.3, 0.4) is 0 Å². The Hall–Kier alpha value is -0.870. The highest BCUT2D eigenvalue weighted by atomic mass is 16.5. The maximum absolute atomic E-state index is 12.4. The second-order valence-corrected chi connectivity index (χ2v) is 5.26. The van der Waals surface area contributed by atoms with Gasteiger partial charge in [0.15, 0.2) is 0 Å². The molecule has 1 unspecified atom stereocenters. The number of piperidine rings is 1. The van der Waals surface area contributed by atoms with Crippen LogP contribution in [-0.4, -0.2) is 38.8 Å². The van der Waals surface area contributed by atoms with Gasteiger partial charge in [-0.1, -0.05) is 19.4 Å². The van der Waals surface area contributed by atoms with Crippen molar-refractivity contribution < 1.29 is 9.53 Å². The van der Waals surface area contributed by atoms with Gasteiger partial charge in [-0.3, -0.25) is 4.79 Å². The Morgan fingerprint density at radius 1 is 1.53 bits per heavy atom. The molecule has 0 aliphatic carbocycles. The van der Waals surface area contributed by atoms with Gasteiger partial charge in [-0.2, -0.15) is 0 Å². The number of rotatable bonds is 9. The molecule has 0 aromatic heterocycles. The molecule has 1 atom stereocenters. The van der Waals surface area contributed by atoms with E-state index in [9.17, 15) is 4.79 Å². The number of nitrogens with one attached hydrogen (secondary N) is 2. The lowest BCUT2D eigenvalue weighted by molar-refractivity contribution is -0.132. The fourth-order valence-electron chi connectivity index (χ4n) is 2.66. The zero-order valence-electron chi connectivity index (χ0n) is 12.2. The van der Waals surface area contributed by atoms with Crippen LogP contribution in [0.4, 0.5) is 0 Å². The molecular formula is C15H28N2O2. The highest BCUT2D eigenvalue weighted by Gasteiger charge is 2.38. The third-order valence-corrected chi connectivity index (χ3v) is 3.68. The monoisotopic (exact) mass is 268 g/mol. The largest absolute Gasteiger partial charge is 0.379 e. The smallest absolute Gasteiger partial charge is 0.227 e. The molecule has 1 rings (SSSR count). The average Bonchev–Trinajstić information content (AvgIpc) is 2.44. The third kappa shape index (κ3) is 5.33. The predicted octanol–water partition coefficient (Wildman–Crippen LogP) is 1.87. The van der Waals surface area contributed by atoms with Crippen LogP contribution >= 0.6 is 0 Å². The zero-order chi connectivity index (χ0) is 14.0. The van der Waals surface area contributed by atoms with Crippen LogP contribution in [0.5, 0.6) is 0 Å². The van der Waals surface area contributed by atoms with E-state index in [4.69, 9.17) is 4.74 Å². The maximum atomic E-state index is 12.4. The van der Waals surface area contributed by atoms with E-state index in [2.05, 4.69) is 24.1 Å². The summed E-state index contributed by atoms with van der Waals surface area (Å²) in [6, 6.07) is 0. The summed E-state index contributed by atoms with van der Waals surface area (Å²) in [5.74, 6) is 0.189. The van der Waals surface area contributed by atoms with Crippen LogP contribution in [-0.2, 0) is 9.53 Å². The van der Waals surface area contributed by atoms with E-state index in [1.165, 1.54) is 0 Å².